The number of rotatable bonds is 2. The van der Waals surface area contributed by atoms with Crippen LogP contribution < -0.4 is 5.32 Å². The fraction of sp³-hybridized carbons (Fsp3) is 0.429. The van der Waals surface area contributed by atoms with E-state index in [1.165, 1.54) is 0 Å². The molecule has 0 unspecified atom stereocenters. The maximum Gasteiger partial charge on any atom is 0.168 e. The van der Waals surface area contributed by atoms with Crippen molar-refractivity contribution in [3.05, 3.63) is 18.0 Å². The predicted molar refractivity (Wildman–Crippen MR) is 51.7 cm³/mol. The number of nitrogens with one attached hydrogen (secondary N) is 2. The van der Waals surface area contributed by atoms with Crippen LogP contribution in [-0.4, -0.2) is 34.3 Å². The van der Waals surface area contributed by atoms with Gasteiger partial charge < -0.3 is 10.2 Å². The van der Waals surface area contributed by atoms with Crippen LogP contribution >= 0.6 is 12.2 Å². The Balaban J connectivity index is 2.47. The Morgan fingerprint density at radius 2 is 2.58 bits per heavy atom. The molecule has 0 fully saturated rings. The summed E-state index contributed by atoms with van der Waals surface area (Å²) in [6.45, 7) is 0.774. The van der Waals surface area contributed by atoms with Gasteiger partial charge in [-0.15, -0.1) is 0 Å². The molecule has 0 spiro atoms. The summed E-state index contributed by atoms with van der Waals surface area (Å²) in [4.78, 5) is 1.94. The molecule has 0 aliphatic heterocycles. The van der Waals surface area contributed by atoms with Gasteiger partial charge in [0.25, 0.3) is 0 Å². The van der Waals surface area contributed by atoms with Crippen molar-refractivity contribution in [3.8, 4) is 0 Å². The van der Waals surface area contributed by atoms with Crippen molar-refractivity contribution in [3.63, 3.8) is 0 Å². The average molecular weight is 184 g/mol. The third kappa shape index (κ3) is 2.20. The highest BCUT2D eigenvalue weighted by atomic mass is 32.1. The van der Waals surface area contributed by atoms with Crippen LogP contribution in [0.1, 0.15) is 5.56 Å². The number of aromatic nitrogens is 2. The number of hydrogen-bond acceptors (Lipinski definition) is 2. The van der Waals surface area contributed by atoms with Gasteiger partial charge in [0.2, 0.25) is 0 Å². The summed E-state index contributed by atoms with van der Waals surface area (Å²) in [5.41, 5.74) is 1.12. The summed E-state index contributed by atoms with van der Waals surface area (Å²) in [5.74, 6) is 0. The molecular weight excluding hydrogens is 172 g/mol. The summed E-state index contributed by atoms with van der Waals surface area (Å²) in [7, 11) is 3.75. The first kappa shape index (κ1) is 8.99. The van der Waals surface area contributed by atoms with Gasteiger partial charge in [-0.05, 0) is 12.2 Å². The Bertz CT molecular complexity index is 244. The van der Waals surface area contributed by atoms with E-state index in [9.17, 15) is 0 Å². The number of H-pyrrole nitrogens is 1. The van der Waals surface area contributed by atoms with Crippen LogP contribution in [0.5, 0.6) is 0 Å². The third-order valence-electron chi connectivity index (χ3n) is 1.54. The Labute approximate surface area is 77.0 Å². The first-order valence-electron chi connectivity index (χ1n) is 3.64. The molecule has 1 aromatic heterocycles. The average Bonchev–Trinajstić information content (AvgIpc) is 2.55. The quantitative estimate of drug-likeness (QED) is 0.651. The largest absolute Gasteiger partial charge is 0.366 e. The summed E-state index contributed by atoms with van der Waals surface area (Å²) < 4.78 is 0. The second-order valence-corrected chi connectivity index (χ2v) is 2.90. The highest BCUT2D eigenvalue weighted by molar-refractivity contribution is 7.80. The predicted octanol–water partition coefficient (Wildman–Crippen LogP) is 0.346. The zero-order valence-electron chi connectivity index (χ0n) is 7.16. The molecule has 0 saturated heterocycles. The van der Waals surface area contributed by atoms with E-state index in [0.717, 1.165) is 17.2 Å². The molecule has 0 atom stereocenters. The van der Waals surface area contributed by atoms with Gasteiger partial charge >= 0.3 is 0 Å². The van der Waals surface area contributed by atoms with Crippen molar-refractivity contribution >= 4 is 17.3 Å². The van der Waals surface area contributed by atoms with Gasteiger partial charge in [-0.2, -0.15) is 5.10 Å². The molecule has 0 aromatic carbocycles. The number of thiocarbonyl (C=S) groups is 1. The van der Waals surface area contributed by atoms with Crippen LogP contribution in [0.3, 0.4) is 0 Å². The van der Waals surface area contributed by atoms with Crippen LogP contribution in [-0.2, 0) is 6.54 Å². The molecule has 2 N–H and O–H groups in total. The molecule has 1 rings (SSSR count). The summed E-state index contributed by atoms with van der Waals surface area (Å²) in [6.07, 6.45) is 3.64. The van der Waals surface area contributed by atoms with Crippen molar-refractivity contribution in [1.82, 2.24) is 20.4 Å². The number of nitrogens with zero attached hydrogens (tertiary/aromatic N) is 2. The van der Waals surface area contributed by atoms with E-state index >= 15 is 0 Å². The molecule has 0 aliphatic carbocycles. The Kier molecular flexibility index (Phi) is 3.04. The maximum absolute atomic E-state index is 5.04. The van der Waals surface area contributed by atoms with Crippen LogP contribution in [0.15, 0.2) is 12.4 Å². The zero-order valence-corrected chi connectivity index (χ0v) is 7.98. The standard InChI is InChI=1S/C7H12N4S/c1-8-7(12)11(2)5-6-3-9-10-4-6/h3-4H,5H2,1-2H3,(H,8,12)(H,9,10). The summed E-state index contributed by atoms with van der Waals surface area (Å²) in [5, 5.41) is 10.2. The first-order valence-corrected chi connectivity index (χ1v) is 4.05. The molecule has 12 heavy (non-hydrogen) atoms. The van der Waals surface area contributed by atoms with Gasteiger partial charge in [-0.25, -0.2) is 0 Å². The molecule has 5 heteroatoms. The molecule has 0 saturated carbocycles. The lowest BCUT2D eigenvalue weighted by Crippen LogP contribution is -2.33. The third-order valence-corrected chi connectivity index (χ3v) is 2.05. The van der Waals surface area contributed by atoms with Crippen molar-refractivity contribution in [2.45, 2.75) is 6.54 Å². The lowest BCUT2D eigenvalue weighted by Gasteiger charge is -2.17. The maximum atomic E-state index is 5.04. The van der Waals surface area contributed by atoms with Crippen LogP contribution in [0.2, 0.25) is 0 Å². The molecular formula is C7H12N4S. The summed E-state index contributed by atoms with van der Waals surface area (Å²) >= 11 is 5.04. The van der Waals surface area contributed by atoms with E-state index in [1.807, 2.05) is 25.2 Å². The monoisotopic (exact) mass is 184 g/mol. The van der Waals surface area contributed by atoms with Crippen molar-refractivity contribution in [2.24, 2.45) is 0 Å². The molecule has 1 aromatic rings. The second-order valence-electron chi connectivity index (χ2n) is 2.52. The second kappa shape index (κ2) is 4.06. The SMILES string of the molecule is CNC(=S)N(C)Cc1cn[nH]c1. The van der Waals surface area contributed by atoms with Crippen LogP contribution in [0.4, 0.5) is 0 Å². The lowest BCUT2D eigenvalue weighted by atomic mass is 10.3. The van der Waals surface area contributed by atoms with Crippen LogP contribution in [0, 0.1) is 0 Å². The molecule has 1 heterocycles. The normalized spacial score (nSPS) is 9.50. The minimum absolute atomic E-state index is 0.733. The molecule has 0 amide bonds. The van der Waals surface area contributed by atoms with Gasteiger partial charge in [0.1, 0.15) is 0 Å². The van der Waals surface area contributed by atoms with Gasteiger partial charge in [0, 0.05) is 32.4 Å². The fourth-order valence-electron chi connectivity index (χ4n) is 0.901. The summed E-state index contributed by atoms with van der Waals surface area (Å²) in [6, 6.07) is 0. The first-order chi connectivity index (χ1) is 5.74. The van der Waals surface area contributed by atoms with E-state index < -0.39 is 0 Å². The van der Waals surface area contributed by atoms with Gasteiger partial charge in [0.15, 0.2) is 5.11 Å². The zero-order chi connectivity index (χ0) is 8.97. The van der Waals surface area contributed by atoms with Gasteiger partial charge in [-0.3, -0.25) is 5.10 Å². The Morgan fingerprint density at radius 1 is 1.83 bits per heavy atom. The topological polar surface area (TPSA) is 44.0 Å². The number of aromatic amines is 1. The van der Waals surface area contributed by atoms with Crippen molar-refractivity contribution in [2.75, 3.05) is 14.1 Å². The fourth-order valence-corrected chi connectivity index (χ4v) is 0.965. The van der Waals surface area contributed by atoms with E-state index in [0.29, 0.717) is 0 Å². The highest BCUT2D eigenvalue weighted by Crippen LogP contribution is 1.98. The number of hydrogen-bond donors (Lipinski definition) is 2. The minimum atomic E-state index is 0.733. The van der Waals surface area contributed by atoms with Gasteiger partial charge in [-0.1, -0.05) is 0 Å². The Morgan fingerprint density at radius 3 is 3.08 bits per heavy atom. The van der Waals surface area contributed by atoms with E-state index in [-0.39, 0.29) is 0 Å². The van der Waals surface area contributed by atoms with E-state index in [1.54, 1.807) is 6.20 Å². The minimum Gasteiger partial charge on any atom is -0.366 e. The van der Waals surface area contributed by atoms with Crippen LogP contribution in [0.25, 0.3) is 0 Å². The van der Waals surface area contributed by atoms with Crippen molar-refractivity contribution < 1.29 is 0 Å². The molecule has 0 radical (unpaired) electrons. The lowest BCUT2D eigenvalue weighted by molar-refractivity contribution is 0.495. The van der Waals surface area contributed by atoms with E-state index in [4.69, 9.17) is 12.2 Å². The smallest absolute Gasteiger partial charge is 0.168 e. The highest BCUT2D eigenvalue weighted by Gasteiger charge is 2.02. The molecule has 4 nitrogen and oxygen atoms in total. The molecule has 0 aliphatic rings. The molecule has 0 bridgehead atoms. The van der Waals surface area contributed by atoms with E-state index in [2.05, 4.69) is 15.5 Å². The molecule has 66 valence electrons. The van der Waals surface area contributed by atoms with Crippen molar-refractivity contribution in [1.29, 1.82) is 0 Å². The van der Waals surface area contributed by atoms with Gasteiger partial charge in [0.05, 0.1) is 6.20 Å². The Hall–Kier alpha value is -1.10.